The van der Waals surface area contributed by atoms with Crippen LogP contribution in [0.15, 0.2) is 41.9 Å². The van der Waals surface area contributed by atoms with Crippen molar-refractivity contribution in [3.05, 3.63) is 46.8 Å². The third kappa shape index (κ3) is 2.81. The molecule has 0 aliphatic heterocycles. The summed E-state index contributed by atoms with van der Waals surface area (Å²) in [5.41, 5.74) is 5.63. The normalized spacial score (nSPS) is 10.3. The van der Waals surface area contributed by atoms with Crippen molar-refractivity contribution < 1.29 is 0 Å². The summed E-state index contributed by atoms with van der Waals surface area (Å²) >= 11 is 1.76. The smallest absolute Gasteiger partial charge is 0.128 e. The molecule has 0 amide bonds. The Hall–Kier alpha value is -1.39. The van der Waals surface area contributed by atoms with Gasteiger partial charge in [-0.05, 0) is 23.6 Å². The molecule has 0 atom stereocenters. The number of anilines is 1. The molecule has 0 bridgehead atoms. The van der Waals surface area contributed by atoms with E-state index in [1.807, 2.05) is 24.4 Å². The Balaban J connectivity index is 2.11. The van der Waals surface area contributed by atoms with E-state index in [0.717, 1.165) is 18.9 Å². The minimum absolute atomic E-state index is 0.641. The Morgan fingerprint density at radius 1 is 1.25 bits per heavy atom. The second-order valence-corrected chi connectivity index (χ2v) is 4.51. The molecule has 0 saturated carbocycles. The van der Waals surface area contributed by atoms with Crippen LogP contribution in [0.2, 0.25) is 0 Å². The Bertz CT molecular complexity index is 399. The third-order valence-corrected chi connectivity index (χ3v) is 3.16. The monoisotopic (exact) mass is 233 g/mol. The fourth-order valence-electron chi connectivity index (χ4n) is 1.56. The van der Waals surface area contributed by atoms with Crippen molar-refractivity contribution in [1.82, 2.24) is 4.98 Å². The summed E-state index contributed by atoms with van der Waals surface area (Å²) < 4.78 is 0. The second-order valence-electron chi connectivity index (χ2n) is 3.48. The first-order valence-corrected chi connectivity index (χ1v) is 6.16. The lowest BCUT2D eigenvalue weighted by Crippen LogP contribution is -2.29. The predicted octanol–water partition coefficient (Wildman–Crippen LogP) is 2.11. The van der Waals surface area contributed by atoms with Gasteiger partial charge in [0.25, 0.3) is 0 Å². The molecule has 2 aromatic heterocycles. The summed E-state index contributed by atoms with van der Waals surface area (Å²) in [5, 5.41) is 2.09. The van der Waals surface area contributed by atoms with Crippen LogP contribution < -0.4 is 10.6 Å². The Kier molecular flexibility index (Phi) is 3.91. The van der Waals surface area contributed by atoms with Crippen molar-refractivity contribution in [1.29, 1.82) is 0 Å². The van der Waals surface area contributed by atoms with Crippen molar-refractivity contribution in [3.8, 4) is 0 Å². The van der Waals surface area contributed by atoms with Crippen molar-refractivity contribution in [3.63, 3.8) is 0 Å². The van der Waals surface area contributed by atoms with E-state index in [9.17, 15) is 0 Å². The van der Waals surface area contributed by atoms with Gasteiger partial charge in [0.2, 0.25) is 0 Å². The highest BCUT2D eigenvalue weighted by Crippen LogP contribution is 2.16. The lowest BCUT2D eigenvalue weighted by Gasteiger charge is -2.22. The first kappa shape index (κ1) is 11.1. The zero-order valence-corrected chi connectivity index (χ0v) is 9.86. The molecule has 0 aliphatic rings. The maximum atomic E-state index is 5.63. The van der Waals surface area contributed by atoms with Crippen LogP contribution in [0.1, 0.15) is 4.88 Å². The summed E-state index contributed by atoms with van der Waals surface area (Å²) in [6.07, 6.45) is 1.81. The van der Waals surface area contributed by atoms with Crippen LogP contribution in [0.5, 0.6) is 0 Å². The van der Waals surface area contributed by atoms with Crippen LogP contribution in [0.3, 0.4) is 0 Å². The van der Waals surface area contributed by atoms with Crippen LogP contribution in [-0.4, -0.2) is 18.1 Å². The van der Waals surface area contributed by atoms with Gasteiger partial charge in [0.1, 0.15) is 5.82 Å². The van der Waals surface area contributed by atoms with E-state index in [0.29, 0.717) is 6.54 Å². The average Bonchev–Trinajstić information content (AvgIpc) is 2.83. The predicted molar refractivity (Wildman–Crippen MR) is 68.7 cm³/mol. The van der Waals surface area contributed by atoms with Gasteiger partial charge in [0, 0.05) is 24.2 Å². The molecule has 0 spiro atoms. The van der Waals surface area contributed by atoms with Crippen LogP contribution in [0.25, 0.3) is 0 Å². The first-order valence-electron chi connectivity index (χ1n) is 5.28. The Morgan fingerprint density at radius 3 is 2.81 bits per heavy atom. The number of nitrogens with two attached hydrogens (primary N) is 1. The molecule has 84 valence electrons. The van der Waals surface area contributed by atoms with Gasteiger partial charge < -0.3 is 10.6 Å². The van der Waals surface area contributed by atoms with Crippen molar-refractivity contribution in [2.75, 3.05) is 18.0 Å². The third-order valence-electron chi connectivity index (χ3n) is 2.30. The molecule has 16 heavy (non-hydrogen) atoms. The van der Waals surface area contributed by atoms with Gasteiger partial charge in [-0.1, -0.05) is 12.1 Å². The van der Waals surface area contributed by atoms with Crippen molar-refractivity contribution in [2.24, 2.45) is 5.73 Å². The number of pyridine rings is 1. The van der Waals surface area contributed by atoms with E-state index in [2.05, 4.69) is 27.4 Å². The molecule has 0 saturated heterocycles. The highest BCUT2D eigenvalue weighted by Gasteiger charge is 2.07. The van der Waals surface area contributed by atoms with Gasteiger partial charge in [-0.3, -0.25) is 0 Å². The van der Waals surface area contributed by atoms with E-state index in [4.69, 9.17) is 5.73 Å². The number of aromatic nitrogens is 1. The fourth-order valence-corrected chi connectivity index (χ4v) is 2.28. The Labute approximate surface area is 99.5 Å². The van der Waals surface area contributed by atoms with E-state index < -0.39 is 0 Å². The quantitative estimate of drug-likeness (QED) is 0.860. The first-order chi connectivity index (χ1) is 7.90. The average molecular weight is 233 g/mol. The van der Waals surface area contributed by atoms with Gasteiger partial charge in [-0.25, -0.2) is 4.98 Å². The SMILES string of the molecule is NCCN(Cc1cccs1)c1ccccn1. The minimum atomic E-state index is 0.641. The maximum absolute atomic E-state index is 5.63. The lowest BCUT2D eigenvalue weighted by atomic mass is 10.3. The van der Waals surface area contributed by atoms with Crippen LogP contribution >= 0.6 is 11.3 Å². The van der Waals surface area contributed by atoms with Gasteiger partial charge >= 0.3 is 0 Å². The fraction of sp³-hybridized carbons (Fsp3) is 0.250. The Morgan fingerprint density at radius 2 is 2.19 bits per heavy atom. The van der Waals surface area contributed by atoms with E-state index in [1.165, 1.54) is 4.88 Å². The van der Waals surface area contributed by atoms with E-state index >= 15 is 0 Å². The van der Waals surface area contributed by atoms with E-state index in [1.54, 1.807) is 11.3 Å². The molecule has 0 aromatic carbocycles. The molecule has 0 radical (unpaired) electrons. The summed E-state index contributed by atoms with van der Waals surface area (Å²) in [6, 6.07) is 10.1. The van der Waals surface area contributed by atoms with Crippen molar-refractivity contribution in [2.45, 2.75) is 6.54 Å². The van der Waals surface area contributed by atoms with Gasteiger partial charge in [-0.2, -0.15) is 0 Å². The molecule has 2 rings (SSSR count). The molecule has 2 N–H and O–H groups in total. The highest BCUT2D eigenvalue weighted by atomic mass is 32.1. The largest absolute Gasteiger partial charge is 0.350 e. The molecule has 0 unspecified atom stereocenters. The number of thiophene rings is 1. The molecule has 0 aliphatic carbocycles. The van der Waals surface area contributed by atoms with Crippen LogP contribution in [0, 0.1) is 0 Å². The van der Waals surface area contributed by atoms with Gasteiger partial charge in [0.05, 0.1) is 6.54 Å². The van der Waals surface area contributed by atoms with Gasteiger partial charge in [-0.15, -0.1) is 11.3 Å². The molecule has 4 heteroatoms. The topological polar surface area (TPSA) is 42.1 Å². The number of hydrogen-bond acceptors (Lipinski definition) is 4. The molecular weight excluding hydrogens is 218 g/mol. The lowest BCUT2D eigenvalue weighted by molar-refractivity contribution is 0.783. The zero-order chi connectivity index (χ0) is 11.2. The number of hydrogen-bond donors (Lipinski definition) is 1. The summed E-state index contributed by atoms with van der Waals surface area (Å²) in [6.45, 7) is 2.35. The molecule has 2 heterocycles. The highest BCUT2D eigenvalue weighted by molar-refractivity contribution is 7.09. The zero-order valence-electron chi connectivity index (χ0n) is 9.04. The molecular formula is C12H15N3S. The van der Waals surface area contributed by atoms with Crippen LogP contribution in [0.4, 0.5) is 5.82 Å². The standard InChI is InChI=1S/C12H15N3S/c13-6-8-15(10-11-4-3-9-16-11)12-5-1-2-7-14-12/h1-5,7,9H,6,8,10,13H2. The van der Waals surface area contributed by atoms with E-state index in [-0.39, 0.29) is 0 Å². The summed E-state index contributed by atoms with van der Waals surface area (Å²) in [4.78, 5) is 7.89. The summed E-state index contributed by atoms with van der Waals surface area (Å²) in [7, 11) is 0. The maximum Gasteiger partial charge on any atom is 0.128 e. The number of rotatable bonds is 5. The molecule has 2 aromatic rings. The summed E-state index contributed by atoms with van der Waals surface area (Å²) in [5.74, 6) is 0.987. The van der Waals surface area contributed by atoms with Gasteiger partial charge in [0.15, 0.2) is 0 Å². The van der Waals surface area contributed by atoms with Crippen molar-refractivity contribution >= 4 is 17.2 Å². The molecule has 3 nitrogen and oxygen atoms in total. The molecule has 0 fully saturated rings. The van der Waals surface area contributed by atoms with Crippen LogP contribution in [-0.2, 0) is 6.54 Å². The second kappa shape index (κ2) is 5.63. The number of nitrogens with zero attached hydrogens (tertiary/aromatic N) is 2. The minimum Gasteiger partial charge on any atom is -0.350 e.